The predicted octanol–water partition coefficient (Wildman–Crippen LogP) is 3.21. The van der Waals surface area contributed by atoms with Crippen molar-refractivity contribution in [3.05, 3.63) is 60.1 Å². The van der Waals surface area contributed by atoms with E-state index in [-0.39, 0.29) is 5.41 Å². The van der Waals surface area contributed by atoms with Crippen LogP contribution in [0.3, 0.4) is 0 Å². The van der Waals surface area contributed by atoms with Crippen LogP contribution in [0.4, 0.5) is 0 Å². The lowest BCUT2D eigenvalue weighted by atomic mass is 9.86. The first kappa shape index (κ1) is 16.1. The van der Waals surface area contributed by atoms with Crippen LogP contribution in [0.25, 0.3) is 0 Å². The fourth-order valence-corrected chi connectivity index (χ4v) is 2.34. The number of hydrogen-bond acceptors (Lipinski definition) is 2. The molecule has 0 fully saturated rings. The van der Waals surface area contributed by atoms with Crippen LogP contribution in [0.2, 0.25) is 0 Å². The third-order valence-corrected chi connectivity index (χ3v) is 3.49. The molecule has 1 aromatic carbocycles. The molecule has 2 N–H and O–H groups in total. The largest absolute Gasteiger partial charge is 0.467 e. The van der Waals surface area contributed by atoms with E-state index in [2.05, 4.69) is 59.8 Å². The van der Waals surface area contributed by atoms with Crippen LogP contribution >= 0.6 is 0 Å². The summed E-state index contributed by atoms with van der Waals surface area (Å²) in [5, 5.41) is 6.64. The molecule has 22 heavy (non-hydrogen) atoms. The Balaban J connectivity index is 1.81. The van der Waals surface area contributed by atoms with E-state index in [1.54, 1.807) is 13.3 Å². The number of furan rings is 1. The zero-order valence-electron chi connectivity index (χ0n) is 13.6. The molecule has 0 saturated carbocycles. The SMILES string of the molecule is CN=C(NCc1ccco1)NCC(C)(C)Cc1ccccc1. The van der Waals surface area contributed by atoms with Gasteiger partial charge in [-0.25, -0.2) is 0 Å². The van der Waals surface area contributed by atoms with E-state index < -0.39 is 0 Å². The minimum atomic E-state index is 0.143. The Morgan fingerprint density at radius 3 is 2.50 bits per heavy atom. The number of benzene rings is 1. The standard InChI is InChI=1S/C18H25N3O/c1-18(2,12-15-8-5-4-6-9-15)14-21-17(19-3)20-13-16-10-7-11-22-16/h4-11H,12-14H2,1-3H3,(H2,19,20,21). The monoisotopic (exact) mass is 299 g/mol. The van der Waals surface area contributed by atoms with Gasteiger partial charge < -0.3 is 15.1 Å². The zero-order valence-corrected chi connectivity index (χ0v) is 13.6. The normalized spacial score (nSPS) is 12.2. The number of guanidine groups is 1. The van der Waals surface area contributed by atoms with Gasteiger partial charge in [0.25, 0.3) is 0 Å². The molecular weight excluding hydrogens is 274 g/mol. The van der Waals surface area contributed by atoms with Crippen LogP contribution < -0.4 is 10.6 Å². The highest BCUT2D eigenvalue weighted by Crippen LogP contribution is 2.20. The Labute approximate surface area is 132 Å². The Kier molecular flexibility index (Phi) is 5.64. The molecule has 0 bridgehead atoms. The van der Waals surface area contributed by atoms with E-state index in [0.717, 1.165) is 24.7 Å². The van der Waals surface area contributed by atoms with Gasteiger partial charge in [0.2, 0.25) is 0 Å². The first-order valence-corrected chi connectivity index (χ1v) is 7.60. The number of rotatable bonds is 6. The predicted molar refractivity (Wildman–Crippen MR) is 90.8 cm³/mol. The summed E-state index contributed by atoms with van der Waals surface area (Å²) in [6.45, 7) is 5.99. The van der Waals surface area contributed by atoms with Gasteiger partial charge in [-0.2, -0.15) is 0 Å². The summed E-state index contributed by atoms with van der Waals surface area (Å²) in [4.78, 5) is 4.25. The molecule has 0 saturated heterocycles. The molecule has 0 atom stereocenters. The molecular formula is C18H25N3O. The van der Waals surface area contributed by atoms with E-state index in [1.165, 1.54) is 5.56 Å². The van der Waals surface area contributed by atoms with Gasteiger partial charge in [-0.15, -0.1) is 0 Å². The Bertz CT molecular complexity index is 574. The summed E-state index contributed by atoms with van der Waals surface area (Å²) in [7, 11) is 1.78. The lowest BCUT2D eigenvalue weighted by Gasteiger charge is -2.26. The lowest BCUT2D eigenvalue weighted by molar-refractivity contribution is 0.358. The molecule has 0 unspecified atom stereocenters. The van der Waals surface area contributed by atoms with Crippen molar-refractivity contribution in [1.29, 1.82) is 0 Å². The molecule has 1 aromatic heterocycles. The van der Waals surface area contributed by atoms with E-state index in [9.17, 15) is 0 Å². The highest BCUT2D eigenvalue weighted by atomic mass is 16.3. The minimum absolute atomic E-state index is 0.143. The molecule has 0 aliphatic carbocycles. The Hall–Kier alpha value is -2.23. The summed E-state index contributed by atoms with van der Waals surface area (Å²) < 4.78 is 5.31. The fraction of sp³-hybridized carbons (Fsp3) is 0.389. The molecule has 2 aromatic rings. The molecule has 1 heterocycles. The highest BCUT2D eigenvalue weighted by Gasteiger charge is 2.19. The quantitative estimate of drug-likeness (QED) is 0.636. The maximum atomic E-state index is 5.31. The van der Waals surface area contributed by atoms with Crippen LogP contribution in [0.1, 0.15) is 25.2 Å². The second-order valence-electron chi connectivity index (χ2n) is 6.19. The van der Waals surface area contributed by atoms with Crippen LogP contribution in [0, 0.1) is 5.41 Å². The topological polar surface area (TPSA) is 49.6 Å². The van der Waals surface area contributed by atoms with Crippen LogP contribution in [0.15, 0.2) is 58.1 Å². The Morgan fingerprint density at radius 2 is 1.86 bits per heavy atom. The molecule has 0 aliphatic heterocycles. The Morgan fingerprint density at radius 1 is 1.09 bits per heavy atom. The maximum absolute atomic E-state index is 5.31. The molecule has 0 amide bonds. The van der Waals surface area contributed by atoms with Gasteiger partial charge in [0.05, 0.1) is 12.8 Å². The summed E-state index contributed by atoms with van der Waals surface area (Å²) in [6, 6.07) is 14.4. The van der Waals surface area contributed by atoms with Crippen LogP contribution in [-0.4, -0.2) is 19.6 Å². The second kappa shape index (κ2) is 7.69. The van der Waals surface area contributed by atoms with Gasteiger partial charge in [0.15, 0.2) is 5.96 Å². The lowest BCUT2D eigenvalue weighted by Crippen LogP contribution is -2.42. The molecule has 118 valence electrons. The van der Waals surface area contributed by atoms with Crippen molar-refractivity contribution in [2.75, 3.05) is 13.6 Å². The van der Waals surface area contributed by atoms with Crippen molar-refractivity contribution in [3.63, 3.8) is 0 Å². The van der Waals surface area contributed by atoms with Gasteiger partial charge in [-0.3, -0.25) is 4.99 Å². The highest BCUT2D eigenvalue weighted by molar-refractivity contribution is 5.79. The van der Waals surface area contributed by atoms with Gasteiger partial charge in [0, 0.05) is 13.6 Å². The summed E-state index contributed by atoms with van der Waals surface area (Å²) in [6.07, 6.45) is 2.70. The van der Waals surface area contributed by atoms with Gasteiger partial charge in [-0.05, 0) is 29.5 Å². The number of nitrogens with one attached hydrogen (secondary N) is 2. The van der Waals surface area contributed by atoms with Gasteiger partial charge >= 0.3 is 0 Å². The molecule has 4 heteroatoms. The van der Waals surface area contributed by atoms with Crippen LogP contribution in [-0.2, 0) is 13.0 Å². The van der Waals surface area contributed by atoms with Crippen LogP contribution in [0.5, 0.6) is 0 Å². The minimum Gasteiger partial charge on any atom is -0.467 e. The number of nitrogens with zero attached hydrogens (tertiary/aromatic N) is 1. The first-order valence-electron chi connectivity index (χ1n) is 7.60. The molecule has 0 radical (unpaired) electrons. The summed E-state index contributed by atoms with van der Waals surface area (Å²) in [5.74, 6) is 1.68. The second-order valence-corrected chi connectivity index (χ2v) is 6.19. The zero-order chi connectivity index (χ0) is 15.8. The first-order chi connectivity index (χ1) is 10.6. The van der Waals surface area contributed by atoms with E-state index in [1.807, 2.05) is 12.1 Å². The number of aliphatic imine (C=N–C) groups is 1. The molecule has 4 nitrogen and oxygen atoms in total. The fourth-order valence-electron chi connectivity index (χ4n) is 2.34. The van der Waals surface area contributed by atoms with E-state index in [0.29, 0.717) is 6.54 Å². The van der Waals surface area contributed by atoms with Crippen molar-refractivity contribution in [2.24, 2.45) is 10.4 Å². The van der Waals surface area contributed by atoms with Gasteiger partial charge in [-0.1, -0.05) is 44.2 Å². The average molecular weight is 299 g/mol. The van der Waals surface area contributed by atoms with Crippen molar-refractivity contribution in [3.8, 4) is 0 Å². The maximum Gasteiger partial charge on any atom is 0.191 e. The molecule has 0 spiro atoms. The van der Waals surface area contributed by atoms with E-state index >= 15 is 0 Å². The van der Waals surface area contributed by atoms with Crippen molar-refractivity contribution in [2.45, 2.75) is 26.8 Å². The molecule has 2 rings (SSSR count). The van der Waals surface area contributed by atoms with E-state index in [4.69, 9.17) is 4.42 Å². The molecule has 0 aliphatic rings. The smallest absolute Gasteiger partial charge is 0.191 e. The summed E-state index contributed by atoms with van der Waals surface area (Å²) in [5.41, 5.74) is 1.50. The van der Waals surface area contributed by atoms with Crippen molar-refractivity contribution >= 4 is 5.96 Å². The third-order valence-electron chi connectivity index (χ3n) is 3.49. The average Bonchev–Trinajstić information content (AvgIpc) is 3.01. The van der Waals surface area contributed by atoms with Crippen molar-refractivity contribution in [1.82, 2.24) is 10.6 Å². The summed E-state index contributed by atoms with van der Waals surface area (Å²) >= 11 is 0. The number of hydrogen-bond donors (Lipinski definition) is 2. The van der Waals surface area contributed by atoms with Gasteiger partial charge in [0.1, 0.15) is 5.76 Å². The third kappa shape index (κ3) is 5.28. The van der Waals surface area contributed by atoms with Crippen molar-refractivity contribution < 1.29 is 4.42 Å².